The molecule has 1 aromatic heterocycles. The summed E-state index contributed by atoms with van der Waals surface area (Å²) in [5.41, 5.74) is 6.78. The third-order valence-electron chi connectivity index (χ3n) is 1.97. The molecule has 0 spiro atoms. The van der Waals surface area contributed by atoms with E-state index in [9.17, 15) is 0 Å². The molecule has 12 heavy (non-hydrogen) atoms. The van der Waals surface area contributed by atoms with Crippen LogP contribution in [0, 0.1) is 0 Å². The van der Waals surface area contributed by atoms with Gasteiger partial charge < -0.3 is 18.4 Å². The molecule has 1 saturated carbocycles. The largest absolute Gasteiger partial charge is 1.00 e. The first-order valence-electron chi connectivity index (χ1n) is 3.70. The molecule has 2 rings (SSSR count). The van der Waals surface area contributed by atoms with Crippen molar-refractivity contribution in [1.82, 2.24) is 4.98 Å². The number of nitrogens with two attached hydrogens (primary N) is 1. The fraction of sp³-hybridized carbons (Fsp3) is 0.375. The van der Waals surface area contributed by atoms with Crippen LogP contribution in [0.5, 0.6) is 0 Å². The Morgan fingerprint density at radius 2 is 2.17 bits per heavy atom. The quantitative estimate of drug-likeness (QED) is 0.445. The van der Waals surface area contributed by atoms with Crippen molar-refractivity contribution < 1.29 is 51.4 Å². The van der Waals surface area contributed by atoms with E-state index in [0.29, 0.717) is 11.7 Å². The number of rotatable bonds is 1. The number of aromatic nitrogens is 1. The van der Waals surface area contributed by atoms with Crippen molar-refractivity contribution in [1.29, 1.82) is 0 Å². The monoisotopic (exact) mass is 204 g/mol. The fourth-order valence-electron chi connectivity index (χ4n) is 1.25. The van der Waals surface area contributed by atoms with Gasteiger partial charge in [0.15, 0.2) is 0 Å². The summed E-state index contributed by atoms with van der Waals surface area (Å²) in [4.78, 5) is 4.89. The minimum absolute atomic E-state index is 0. The predicted molar refractivity (Wildman–Crippen MR) is 46.3 cm³/mol. The summed E-state index contributed by atoms with van der Waals surface area (Å²) in [6.45, 7) is 0. The zero-order valence-corrected chi connectivity index (χ0v) is 11.0. The van der Waals surface area contributed by atoms with Crippen LogP contribution < -0.4 is 57.1 Å². The van der Waals surface area contributed by atoms with Gasteiger partial charge in [0.05, 0.1) is 0 Å². The molecule has 1 aromatic rings. The van der Waals surface area contributed by atoms with Gasteiger partial charge in [0, 0.05) is 6.20 Å². The van der Waals surface area contributed by atoms with Gasteiger partial charge in [0.1, 0.15) is 5.82 Å². The third kappa shape index (κ3) is 2.19. The molecule has 0 unspecified atom stereocenters. The molecule has 58 valence electrons. The van der Waals surface area contributed by atoms with Crippen molar-refractivity contribution in [3.8, 4) is 0 Å². The maximum absolute atomic E-state index is 5.68. The minimum Gasteiger partial charge on any atom is -0.779 e. The van der Waals surface area contributed by atoms with E-state index in [-0.39, 0.29) is 51.4 Å². The van der Waals surface area contributed by atoms with E-state index in [1.165, 1.54) is 12.8 Å². The van der Waals surface area contributed by atoms with Crippen LogP contribution in [0.4, 0.5) is 5.82 Å². The summed E-state index contributed by atoms with van der Waals surface area (Å²) >= 11 is 5.14. The molecule has 1 aliphatic carbocycles. The number of hydrogen-bond acceptors (Lipinski definition) is 3. The molecule has 0 aliphatic heterocycles. The first-order chi connectivity index (χ1) is 5.29. The van der Waals surface area contributed by atoms with Crippen LogP contribution in [-0.4, -0.2) is 4.98 Å². The molecule has 0 radical (unpaired) electrons. The predicted octanol–water partition coefficient (Wildman–Crippen LogP) is -1.55. The summed E-state index contributed by atoms with van der Waals surface area (Å²) in [6.07, 6.45) is 4.11. The molecule has 4 heteroatoms. The molecular weight excluding hydrogens is 195 g/mol. The van der Waals surface area contributed by atoms with E-state index >= 15 is 0 Å². The number of nitrogens with zero attached hydrogens (tertiary/aromatic N) is 1. The molecule has 1 aliphatic rings. The maximum Gasteiger partial charge on any atom is 1.00 e. The SMILES string of the molecule is Nc1nccc([S-])c1C1CC1.[K+]. The summed E-state index contributed by atoms with van der Waals surface area (Å²) in [5, 5.41) is 0. The molecule has 0 amide bonds. The summed E-state index contributed by atoms with van der Waals surface area (Å²) in [6, 6.07) is 1.85. The maximum atomic E-state index is 5.68. The van der Waals surface area contributed by atoms with E-state index < -0.39 is 0 Å². The number of nitrogen functional groups attached to an aromatic ring is 1. The molecular formula is C8H9KN2S. The van der Waals surface area contributed by atoms with Crippen LogP contribution in [-0.2, 0) is 12.6 Å². The second-order valence-corrected chi connectivity index (χ2v) is 3.32. The van der Waals surface area contributed by atoms with E-state index in [1.807, 2.05) is 6.07 Å². The van der Waals surface area contributed by atoms with Crippen LogP contribution >= 0.6 is 0 Å². The molecule has 0 saturated heterocycles. The van der Waals surface area contributed by atoms with Crippen LogP contribution in [0.3, 0.4) is 0 Å². The first kappa shape index (κ1) is 10.9. The van der Waals surface area contributed by atoms with Crippen molar-refractivity contribution in [3.05, 3.63) is 17.8 Å². The molecule has 1 fully saturated rings. The average molecular weight is 204 g/mol. The molecule has 2 nitrogen and oxygen atoms in total. The summed E-state index contributed by atoms with van der Waals surface area (Å²) in [5.74, 6) is 1.23. The molecule has 0 bridgehead atoms. The molecule has 0 aromatic carbocycles. The van der Waals surface area contributed by atoms with Gasteiger partial charge in [0.2, 0.25) is 0 Å². The summed E-state index contributed by atoms with van der Waals surface area (Å²) < 4.78 is 0. The van der Waals surface area contributed by atoms with Gasteiger partial charge in [-0.3, -0.25) is 0 Å². The molecule has 1 heterocycles. The Morgan fingerprint density at radius 3 is 2.67 bits per heavy atom. The Morgan fingerprint density at radius 1 is 1.50 bits per heavy atom. The van der Waals surface area contributed by atoms with Crippen molar-refractivity contribution in [2.45, 2.75) is 23.7 Å². The van der Waals surface area contributed by atoms with Crippen LogP contribution in [0.2, 0.25) is 0 Å². The van der Waals surface area contributed by atoms with Crippen molar-refractivity contribution in [2.75, 3.05) is 5.73 Å². The van der Waals surface area contributed by atoms with Crippen molar-refractivity contribution in [3.63, 3.8) is 0 Å². The number of pyridine rings is 1. The second kappa shape index (κ2) is 4.35. The van der Waals surface area contributed by atoms with Crippen molar-refractivity contribution in [2.24, 2.45) is 0 Å². The third-order valence-corrected chi connectivity index (χ3v) is 2.32. The Hall–Kier alpha value is 0.806. The van der Waals surface area contributed by atoms with Gasteiger partial charge in [-0.1, -0.05) is 6.07 Å². The Labute approximate surface area is 120 Å². The smallest absolute Gasteiger partial charge is 0.779 e. The Bertz CT molecular complexity index is 266. The fourth-order valence-corrected chi connectivity index (χ4v) is 1.59. The van der Waals surface area contributed by atoms with Gasteiger partial charge in [0.25, 0.3) is 0 Å². The van der Waals surface area contributed by atoms with Gasteiger partial charge in [-0.15, -0.1) is 0 Å². The Kier molecular flexibility index (Phi) is 3.94. The van der Waals surface area contributed by atoms with Gasteiger partial charge >= 0.3 is 51.4 Å². The van der Waals surface area contributed by atoms with E-state index in [1.54, 1.807) is 6.20 Å². The van der Waals surface area contributed by atoms with Gasteiger partial charge in [-0.25, -0.2) is 4.98 Å². The first-order valence-corrected chi connectivity index (χ1v) is 4.11. The number of anilines is 1. The minimum atomic E-state index is 0. The van der Waals surface area contributed by atoms with E-state index in [0.717, 1.165) is 10.5 Å². The Balaban J connectivity index is 0.000000720. The standard InChI is InChI=1S/C8H10N2S.K/c9-8-7(5-1-2-5)6(11)3-4-10-8;/h3-5H,1-2H2,(H3,9,10,11);/q;+1/p-1. The van der Waals surface area contributed by atoms with Crippen LogP contribution in [0.15, 0.2) is 17.2 Å². The average Bonchev–Trinajstić information content (AvgIpc) is 2.70. The normalized spacial score (nSPS) is 15.3. The zero-order chi connectivity index (χ0) is 7.84. The summed E-state index contributed by atoms with van der Waals surface area (Å²) in [7, 11) is 0. The van der Waals surface area contributed by atoms with Crippen LogP contribution in [0.25, 0.3) is 0 Å². The van der Waals surface area contributed by atoms with Crippen LogP contribution in [0.1, 0.15) is 24.3 Å². The van der Waals surface area contributed by atoms with E-state index in [4.69, 9.17) is 18.4 Å². The van der Waals surface area contributed by atoms with Gasteiger partial charge in [-0.2, -0.15) is 4.90 Å². The second-order valence-electron chi connectivity index (χ2n) is 2.88. The number of hydrogen-bond donors (Lipinski definition) is 1. The topological polar surface area (TPSA) is 38.9 Å². The molecule has 2 N–H and O–H groups in total. The van der Waals surface area contributed by atoms with E-state index in [2.05, 4.69) is 4.98 Å². The zero-order valence-electron chi connectivity index (χ0n) is 7.08. The van der Waals surface area contributed by atoms with Crippen molar-refractivity contribution >= 4 is 18.4 Å². The van der Waals surface area contributed by atoms with Gasteiger partial charge in [-0.05, 0) is 24.3 Å². The molecule has 0 atom stereocenters.